The Kier molecular flexibility index (Phi) is 4.57. The van der Waals surface area contributed by atoms with Crippen molar-refractivity contribution in [2.75, 3.05) is 5.32 Å². The molecule has 120 valence electrons. The zero-order valence-electron chi connectivity index (χ0n) is 14.0. The first-order valence-corrected chi connectivity index (χ1v) is 9.20. The van der Waals surface area contributed by atoms with Crippen LogP contribution in [0.25, 0.3) is 10.2 Å². The van der Waals surface area contributed by atoms with E-state index in [4.69, 9.17) is 9.72 Å². The predicted molar refractivity (Wildman–Crippen MR) is 95.4 cm³/mol. The van der Waals surface area contributed by atoms with Gasteiger partial charge in [0.25, 0.3) is 0 Å². The Bertz CT molecular complexity index is 657. The van der Waals surface area contributed by atoms with Crippen LogP contribution >= 0.6 is 11.3 Å². The van der Waals surface area contributed by atoms with E-state index in [9.17, 15) is 0 Å². The zero-order chi connectivity index (χ0) is 15.7. The van der Waals surface area contributed by atoms with Gasteiger partial charge in [-0.3, -0.25) is 0 Å². The first-order valence-electron chi connectivity index (χ1n) is 8.38. The molecule has 1 aliphatic carbocycles. The predicted octanol–water partition coefficient (Wildman–Crippen LogP) is 5.44. The van der Waals surface area contributed by atoms with E-state index < -0.39 is 0 Å². The highest BCUT2D eigenvalue weighted by Crippen LogP contribution is 2.38. The number of nitrogens with one attached hydrogen (secondary N) is 1. The topological polar surface area (TPSA) is 34.2 Å². The second-order valence-electron chi connectivity index (χ2n) is 6.68. The monoisotopic (exact) mass is 318 g/mol. The van der Waals surface area contributed by atoms with Crippen LogP contribution in [0.2, 0.25) is 0 Å². The van der Waals surface area contributed by atoms with Crippen molar-refractivity contribution in [3.05, 3.63) is 17.2 Å². The molecule has 1 N–H and O–H groups in total. The summed E-state index contributed by atoms with van der Waals surface area (Å²) in [4.78, 5) is 4.86. The molecule has 22 heavy (non-hydrogen) atoms. The number of thiazole rings is 1. The second-order valence-corrected chi connectivity index (χ2v) is 7.68. The van der Waals surface area contributed by atoms with Gasteiger partial charge in [0.1, 0.15) is 11.3 Å². The minimum atomic E-state index is 0.168. The lowest BCUT2D eigenvalue weighted by Gasteiger charge is -2.22. The SMILES string of the molecule is Cc1cc(C)c2sc(NC3CCCCC3)nc2c1OC(C)C. The molecular formula is C18H26N2OS. The largest absolute Gasteiger partial charge is 0.488 e. The normalized spacial score (nSPS) is 16.4. The first kappa shape index (κ1) is 15.6. The molecule has 3 rings (SSSR count). The summed E-state index contributed by atoms with van der Waals surface area (Å²) in [6.07, 6.45) is 6.75. The summed E-state index contributed by atoms with van der Waals surface area (Å²) in [6, 6.07) is 2.80. The molecule has 0 spiro atoms. The molecule has 1 fully saturated rings. The summed E-state index contributed by atoms with van der Waals surface area (Å²) in [5.41, 5.74) is 3.49. The van der Waals surface area contributed by atoms with Crippen LogP contribution in [0, 0.1) is 13.8 Å². The Morgan fingerprint density at radius 1 is 1.18 bits per heavy atom. The summed E-state index contributed by atoms with van der Waals surface area (Å²) in [5, 5.41) is 4.69. The van der Waals surface area contributed by atoms with E-state index in [1.807, 2.05) is 0 Å². The van der Waals surface area contributed by atoms with E-state index in [-0.39, 0.29) is 6.10 Å². The van der Waals surface area contributed by atoms with Crippen molar-refractivity contribution in [3.8, 4) is 5.75 Å². The summed E-state index contributed by atoms with van der Waals surface area (Å²) in [7, 11) is 0. The van der Waals surface area contributed by atoms with Crippen LogP contribution in [0.15, 0.2) is 6.07 Å². The van der Waals surface area contributed by atoms with Crippen LogP contribution in [-0.2, 0) is 0 Å². The van der Waals surface area contributed by atoms with Gasteiger partial charge in [-0.15, -0.1) is 0 Å². The quantitative estimate of drug-likeness (QED) is 0.814. The van der Waals surface area contributed by atoms with E-state index in [0.29, 0.717) is 6.04 Å². The molecule has 3 nitrogen and oxygen atoms in total. The Hall–Kier alpha value is -1.29. The van der Waals surface area contributed by atoms with Crippen LogP contribution in [0.1, 0.15) is 57.1 Å². The summed E-state index contributed by atoms with van der Waals surface area (Å²) in [6.45, 7) is 8.41. The number of rotatable bonds is 4. The summed E-state index contributed by atoms with van der Waals surface area (Å²) in [5.74, 6) is 0.948. The van der Waals surface area contributed by atoms with Gasteiger partial charge < -0.3 is 10.1 Å². The van der Waals surface area contributed by atoms with Crippen LogP contribution in [0.3, 0.4) is 0 Å². The fourth-order valence-corrected chi connectivity index (χ4v) is 4.26. The number of aryl methyl sites for hydroxylation is 2. The maximum absolute atomic E-state index is 6.03. The number of hydrogen-bond acceptors (Lipinski definition) is 4. The molecule has 1 saturated carbocycles. The third-order valence-electron chi connectivity index (χ3n) is 4.28. The van der Waals surface area contributed by atoms with Gasteiger partial charge in [0.2, 0.25) is 0 Å². The Morgan fingerprint density at radius 3 is 2.59 bits per heavy atom. The van der Waals surface area contributed by atoms with Gasteiger partial charge >= 0.3 is 0 Å². The molecule has 1 aliphatic rings. The highest BCUT2D eigenvalue weighted by molar-refractivity contribution is 7.22. The Labute approximate surface area is 137 Å². The minimum absolute atomic E-state index is 0.168. The molecule has 1 heterocycles. The number of hydrogen-bond donors (Lipinski definition) is 1. The number of nitrogens with zero attached hydrogens (tertiary/aromatic N) is 1. The third kappa shape index (κ3) is 3.22. The molecule has 0 saturated heterocycles. The number of fused-ring (bicyclic) bond motifs is 1. The lowest BCUT2D eigenvalue weighted by Crippen LogP contribution is -2.21. The second kappa shape index (κ2) is 6.45. The van der Waals surface area contributed by atoms with Crippen molar-refractivity contribution in [1.29, 1.82) is 0 Å². The molecule has 0 amide bonds. The van der Waals surface area contributed by atoms with Gasteiger partial charge in [-0.25, -0.2) is 4.98 Å². The highest BCUT2D eigenvalue weighted by Gasteiger charge is 2.18. The van der Waals surface area contributed by atoms with E-state index in [1.165, 1.54) is 47.9 Å². The maximum Gasteiger partial charge on any atom is 0.184 e. The van der Waals surface area contributed by atoms with Crippen molar-refractivity contribution < 1.29 is 4.74 Å². The van der Waals surface area contributed by atoms with Gasteiger partial charge in [0, 0.05) is 6.04 Å². The van der Waals surface area contributed by atoms with Crippen molar-refractivity contribution in [3.63, 3.8) is 0 Å². The van der Waals surface area contributed by atoms with Gasteiger partial charge in [-0.1, -0.05) is 36.7 Å². The van der Waals surface area contributed by atoms with Crippen LogP contribution in [-0.4, -0.2) is 17.1 Å². The molecule has 0 radical (unpaired) electrons. The molecule has 0 bridgehead atoms. The van der Waals surface area contributed by atoms with E-state index in [1.54, 1.807) is 11.3 Å². The third-order valence-corrected chi connectivity index (χ3v) is 5.40. The molecular weight excluding hydrogens is 292 g/mol. The van der Waals surface area contributed by atoms with Gasteiger partial charge in [0.15, 0.2) is 5.13 Å². The smallest absolute Gasteiger partial charge is 0.184 e. The number of ether oxygens (including phenoxy) is 1. The van der Waals surface area contributed by atoms with E-state index in [0.717, 1.165) is 16.4 Å². The lowest BCUT2D eigenvalue weighted by molar-refractivity contribution is 0.243. The van der Waals surface area contributed by atoms with Crippen molar-refractivity contribution >= 4 is 26.7 Å². The fraction of sp³-hybridized carbons (Fsp3) is 0.611. The fourth-order valence-electron chi connectivity index (χ4n) is 3.25. The molecule has 0 aliphatic heterocycles. The Balaban J connectivity index is 1.94. The maximum atomic E-state index is 6.03. The highest BCUT2D eigenvalue weighted by atomic mass is 32.1. The minimum Gasteiger partial charge on any atom is -0.488 e. The molecule has 1 aromatic carbocycles. The standard InChI is InChI=1S/C18H26N2OS/c1-11(2)21-16-12(3)10-13(4)17-15(16)20-18(22-17)19-14-8-6-5-7-9-14/h10-11,14H,5-9H2,1-4H3,(H,19,20). The molecule has 0 unspecified atom stereocenters. The first-order chi connectivity index (χ1) is 10.5. The number of anilines is 1. The van der Waals surface area contributed by atoms with Gasteiger partial charge in [-0.05, 0) is 51.7 Å². The summed E-state index contributed by atoms with van der Waals surface area (Å²) >= 11 is 1.77. The van der Waals surface area contributed by atoms with Crippen LogP contribution < -0.4 is 10.1 Å². The number of aromatic nitrogens is 1. The molecule has 4 heteroatoms. The zero-order valence-corrected chi connectivity index (χ0v) is 14.8. The van der Waals surface area contributed by atoms with E-state index in [2.05, 4.69) is 39.1 Å². The summed E-state index contributed by atoms with van der Waals surface area (Å²) < 4.78 is 7.28. The van der Waals surface area contributed by atoms with Crippen molar-refractivity contribution in [2.24, 2.45) is 0 Å². The average Bonchev–Trinajstić information content (AvgIpc) is 2.88. The molecule has 2 aromatic rings. The van der Waals surface area contributed by atoms with Crippen LogP contribution in [0.4, 0.5) is 5.13 Å². The van der Waals surface area contributed by atoms with Crippen molar-refractivity contribution in [1.82, 2.24) is 4.98 Å². The van der Waals surface area contributed by atoms with E-state index >= 15 is 0 Å². The van der Waals surface area contributed by atoms with Gasteiger partial charge in [0.05, 0.1) is 10.8 Å². The molecule has 0 atom stereocenters. The lowest BCUT2D eigenvalue weighted by atomic mass is 9.96. The van der Waals surface area contributed by atoms with Gasteiger partial charge in [-0.2, -0.15) is 0 Å². The average molecular weight is 318 g/mol. The van der Waals surface area contributed by atoms with Crippen LogP contribution in [0.5, 0.6) is 5.75 Å². The molecule has 1 aromatic heterocycles. The van der Waals surface area contributed by atoms with Crippen molar-refractivity contribution in [2.45, 2.75) is 71.9 Å². The Morgan fingerprint density at radius 2 is 1.91 bits per heavy atom. The number of benzene rings is 1.